The highest BCUT2D eigenvalue weighted by Crippen LogP contribution is 2.30. The highest BCUT2D eigenvalue weighted by atomic mass is 35.5. The molecular weight excluding hydrogens is 394 g/mol. The number of aryl methyl sites for hydroxylation is 1. The van der Waals surface area contributed by atoms with E-state index in [0.29, 0.717) is 48.1 Å². The van der Waals surface area contributed by atoms with Gasteiger partial charge in [-0.3, -0.25) is 9.59 Å². The second-order valence-electron chi connectivity index (χ2n) is 6.68. The molecule has 1 aliphatic rings. The number of hydrogen-bond acceptors (Lipinski definition) is 5. The maximum Gasteiger partial charge on any atom is 0.239 e. The van der Waals surface area contributed by atoms with Gasteiger partial charge in [-0.25, -0.2) is 0 Å². The topological polar surface area (TPSA) is 79.9 Å². The van der Waals surface area contributed by atoms with Crippen LogP contribution in [0, 0.1) is 0 Å². The molecule has 0 aromatic heterocycles. The molecule has 0 aliphatic carbocycles. The summed E-state index contributed by atoms with van der Waals surface area (Å²) in [5, 5.41) is 6.15. The fourth-order valence-corrected chi connectivity index (χ4v) is 3.50. The summed E-state index contributed by atoms with van der Waals surface area (Å²) in [6, 6.07) is 10.9. The lowest BCUT2D eigenvalue weighted by Gasteiger charge is -2.29. The van der Waals surface area contributed by atoms with Crippen molar-refractivity contribution in [2.75, 3.05) is 44.1 Å². The molecule has 0 unspecified atom stereocenters. The highest BCUT2D eigenvalue weighted by molar-refractivity contribution is 6.33. The third-order valence-corrected chi connectivity index (χ3v) is 5.00. The Morgan fingerprint density at radius 3 is 2.66 bits per heavy atom. The summed E-state index contributed by atoms with van der Waals surface area (Å²) in [5.41, 5.74) is 2.39. The maximum absolute atomic E-state index is 12.3. The zero-order valence-corrected chi connectivity index (χ0v) is 17.2. The van der Waals surface area contributed by atoms with E-state index in [4.69, 9.17) is 21.1 Å². The molecule has 1 saturated heterocycles. The number of piperazine rings is 1. The minimum Gasteiger partial charge on any atom is -0.493 e. The lowest BCUT2D eigenvalue weighted by molar-refractivity contribution is -0.120. The zero-order chi connectivity index (χ0) is 20.8. The molecule has 2 aromatic rings. The van der Waals surface area contributed by atoms with Gasteiger partial charge in [0.25, 0.3) is 0 Å². The molecule has 7 nitrogen and oxygen atoms in total. The number of hydrogen-bond donors (Lipinski definition) is 2. The largest absolute Gasteiger partial charge is 0.493 e. The van der Waals surface area contributed by atoms with Crippen LogP contribution in [0.3, 0.4) is 0 Å². The average Bonchev–Trinajstić information content (AvgIpc) is 2.72. The van der Waals surface area contributed by atoms with Crippen LogP contribution in [0.4, 0.5) is 11.4 Å². The van der Waals surface area contributed by atoms with E-state index in [0.717, 1.165) is 11.3 Å². The van der Waals surface area contributed by atoms with Gasteiger partial charge in [0.1, 0.15) is 0 Å². The number of methoxy groups -OCH3 is 2. The molecule has 0 atom stereocenters. The van der Waals surface area contributed by atoms with Crippen LogP contribution in [-0.4, -0.2) is 45.7 Å². The second kappa shape index (κ2) is 9.52. The van der Waals surface area contributed by atoms with Crippen molar-refractivity contribution in [1.29, 1.82) is 0 Å². The first-order valence-corrected chi connectivity index (χ1v) is 9.70. The molecule has 29 heavy (non-hydrogen) atoms. The van der Waals surface area contributed by atoms with E-state index < -0.39 is 0 Å². The number of amides is 2. The van der Waals surface area contributed by atoms with E-state index in [1.807, 2.05) is 29.2 Å². The molecule has 1 heterocycles. The van der Waals surface area contributed by atoms with E-state index in [1.165, 1.54) is 0 Å². The zero-order valence-electron chi connectivity index (χ0n) is 16.5. The second-order valence-corrected chi connectivity index (χ2v) is 7.08. The van der Waals surface area contributed by atoms with Crippen molar-refractivity contribution >= 4 is 34.8 Å². The Hall–Kier alpha value is -2.93. The summed E-state index contributed by atoms with van der Waals surface area (Å²) >= 11 is 6.38. The molecule has 0 bridgehead atoms. The van der Waals surface area contributed by atoms with Crippen LogP contribution in [0.1, 0.15) is 12.0 Å². The Kier molecular flexibility index (Phi) is 6.82. The van der Waals surface area contributed by atoms with Gasteiger partial charge in [0.05, 0.1) is 31.5 Å². The summed E-state index contributed by atoms with van der Waals surface area (Å²) in [7, 11) is 3.17. The van der Waals surface area contributed by atoms with Gasteiger partial charge >= 0.3 is 0 Å². The lowest BCUT2D eigenvalue weighted by atomic mass is 10.1. The molecular formula is C21H24ClN3O4. The predicted molar refractivity (Wildman–Crippen MR) is 113 cm³/mol. The van der Waals surface area contributed by atoms with E-state index in [9.17, 15) is 9.59 Å². The molecule has 0 spiro atoms. The van der Waals surface area contributed by atoms with Crippen LogP contribution in [0.15, 0.2) is 36.4 Å². The summed E-state index contributed by atoms with van der Waals surface area (Å²) in [6.45, 7) is 1.56. The van der Waals surface area contributed by atoms with E-state index in [-0.39, 0.29) is 18.4 Å². The summed E-state index contributed by atoms with van der Waals surface area (Å²) < 4.78 is 10.5. The molecule has 1 fully saturated rings. The van der Waals surface area contributed by atoms with Gasteiger partial charge in [0.2, 0.25) is 11.8 Å². The summed E-state index contributed by atoms with van der Waals surface area (Å²) in [6.07, 6.45) is 0.891. The minimum absolute atomic E-state index is 0.0279. The van der Waals surface area contributed by atoms with Crippen LogP contribution >= 0.6 is 11.6 Å². The normalized spacial score (nSPS) is 13.6. The third kappa shape index (κ3) is 5.32. The Bertz CT molecular complexity index is 903. The van der Waals surface area contributed by atoms with Crippen LogP contribution < -0.4 is 25.0 Å². The van der Waals surface area contributed by atoms with Crippen LogP contribution in [-0.2, 0) is 16.0 Å². The molecule has 2 amide bonds. The number of anilines is 2. The fourth-order valence-electron chi connectivity index (χ4n) is 3.20. The Balaban J connectivity index is 1.58. The van der Waals surface area contributed by atoms with Crippen LogP contribution in [0.2, 0.25) is 5.02 Å². The van der Waals surface area contributed by atoms with Gasteiger partial charge in [-0.05, 0) is 42.3 Å². The number of ether oxygens (including phenoxy) is 2. The number of halogens is 1. The first kappa shape index (κ1) is 20.8. The van der Waals surface area contributed by atoms with Crippen molar-refractivity contribution in [3.63, 3.8) is 0 Å². The Labute approximate surface area is 174 Å². The van der Waals surface area contributed by atoms with Crippen molar-refractivity contribution in [3.05, 3.63) is 47.0 Å². The van der Waals surface area contributed by atoms with Gasteiger partial charge in [-0.15, -0.1) is 0 Å². The highest BCUT2D eigenvalue weighted by Gasteiger charge is 2.19. The number of nitrogens with zero attached hydrogens (tertiary/aromatic N) is 1. The number of carbonyl (C=O) groups is 2. The number of carbonyl (C=O) groups excluding carboxylic acids is 2. The predicted octanol–water partition coefficient (Wildman–Crippen LogP) is 2.86. The van der Waals surface area contributed by atoms with Crippen LogP contribution in [0.5, 0.6) is 11.5 Å². The fraction of sp³-hybridized carbons (Fsp3) is 0.333. The minimum atomic E-state index is -0.110. The molecule has 2 N–H and O–H groups in total. The van der Waals surface area contributed by atoms with Crippen molar-refractivity contribution in [2.24, 2.45) is 0 Å². The number of nitrogens with one attached hydrogen (secondary N) is 2. The van der Waals surface area contributed by atoms with Crippen molar-refractivity contribution in [1.82, 2.24) is 5.32 Å². The standard InChI is InChI=1S/C21H24ClN3O4/c1-28-18-7-3-14(11-19(18)29-2)4-8-20(26)24-15-5-6-17(16(22)12-15)25-10-9-23-21(27)13-25/h3,5-7,11-12H,4,8-10,13H2,1-2H3,(H,23,27)(H,24,26). The third-order valence-electron chi connectivity index (χ3n) is 4.70. The molecule has 3 rings (SSSR count). The SMILES string of the molecule is COc1ccc(CCC(=O)Nc2ccc(N3CCNC(=O)C3)c(Cl)c2)cc1OC. The first-order chi connectivity index (χ1) is 14.0. The van der Waals surface area contributed by atoms with Crippen molar-refractivity contribution in [3.8, 4) is 11.5 Å². The smallest absolute Gasteiger partial charge is 0.239 e. The molecule has 8 heteroatoms. The van der Waals surface area contributed by atoms with Gasteiger partial charge in [0.15, 0.2) is 11.5 Å². The van der Waals surface area contributed by atoms with Gasteiger partial charge in [0, 0.05) is 25.2 Å². The van der Waals surface area contributed by atoms with Crippen molar-refractivity contribution < 1.29 is 19.1 Å². The monoisotopic (exact) mass is 417 g/mol. The van der Waals surface area contributed by atoms with E-state index in [2.05, 4.69) is 10.6 Å². The average molecular weight is 418 g/mol. The van der Waals surface area contributed by atoms with Gasteiger partial charge in [-0.2, -0.15) is 0 Å². The quantitative estimate of drug-likeness (QED) is 0.724. The molecule has 154 valence electrons. The summed E-state index contributed by atoms with van der Waals surface area (Å²) in [4.78, 5) is 25.8. The number of rotatable bonds is 7. The van der Waals surface area contributed by atoms with E-state index >= 15 is 0 Å². The lowest BCUT2D eigenvalue weighted by Crippen LogP contribution is -2.47. The van der Waals surface area contributed by atoms with Gasteiger partial charge < -0.3 is 25.0 Å². The Morgan fingerprint density at radius 2 is 1.97 bits per heavy atom. The van der Waals surface area contributed by atoms with Gasteiger partial charge in [-0.1, -0.05) is 17.7 Å². The maximum atomic E-state index is 12.3. The number of benzene rings is 2. The first-order valence-electron chi connectivity index (χ1n) is 9.32. The van der Waals surface area contributed by atoms with Crippen LogP contribution in [0.25, 0.3) is 0 Å². The van der Waals surface area contributed by atoms with Crippen molar-refractivity contribution in [2.45, 2.75) is 12.8 Å². The summed E-state index contributed by atoms with van der Waals surface area (Å²) in [5.74, 6) is 1.15. The Morgan fingerprint density at radius 1 is 1.17 bits per heavy atom. The molecule has 0 saturated carbocycles. The van der Waals surface area contributed by atoms with E-state index in [1.54, 1.807) is 26.4 Å². The molecule has 2 aromatic carbocycles. The molecule has 1 aliphatic heterocycles. The molecule has 0 radical (unpaired) electrons.